The fraction of sp³-hybridized carbons (Fsp3) is 1.00. The Morgan fingerprint density at radius 1 is 1.40 bits per heavy atom. The highest BCUT2D eigenvalue weighted by molar-refractivity contribution is 7.99. The van der Waals surface area contributed by atoms with E-state index in [9.17, 15) is 0 Å². The molecule has 60 valence electrons. The topological polar surface area (TPSA) is 3.24 Å². The van der Waals surface area contributed by atoms with Crippen LogP contribution < -0.4 is 0 Å². The van der Waals surface area contributed by atoms with Crippen molar-refractivity contribution in [3.63, 3.8) is 0 Å². The lowest BCUT2D eigenvalue weighted by Crippen LogP contribution is -2.38. The first-order chi connectivity index (χ1) is 4.79. The van der Waals surface area contributed by atoms with Crippen LogP contribution in [-0.2, 0) is 0 Å². The van der Waals surface area contributed by atoms with Gasteiger partial charge in [0, 0.05) is 12.3 Å². The second kappa shape index (κ2) is 4.24. The molecule has 0 saturated carbocycles. The van der Waals surface area contributed by atoms with Crippen molar-refractivity contribution in [1.29, 1.82) is 0 Å². The summed E-state index contributed by atoms with van der Waals surface area (Å²) in [6.45, 7) is 8.53. The van der Waals surface area contributed by atoms with E-state index in [0.29, 0.717) is 0 Å². The Morgan fingerprint density at radius 2 is 2.10 bits per heavy atom. The Morgan fingerprint density at radius 3 is 2.50 bits per heavy atom. The molecule has 1 nitrogen and oxygen atoms in total. The summed E-state index contributed by atoms with van der Waals surface area (Å²) in [5.74, 6) is 1.32. The molecule has 1 saturated heterocycles. The molecule has 2 heteroatoms. The molecule has 0 aromatic carbocycles. The Hall–Kier alpha value is 0.310. The highest BCUT2D eigenvalue weighted by Crippen LogP contribution is 2.11. The third-order valence-electron chi connectivity index (χ3n) is 1.81. The molecule has 0 atom stereocenters. The minimum atomic E-state index is 0.807. The molecule has 0 amide bonds. The van der Waals surface area contributed by atoms with Crippen molar-refractivity contribution in [3.05, 3.63) is 0 Å². The Balaban J connectivity index is 1.85. The molecule has 0 unspecified atom stereocenters. The average Bonchev–Trinajstić information content (AvgIpc) is 1.75. The van der Waals surface area contributed by atoms with Crippen LogP contribution in [0.1, 0.15) is 20.3 Å². The van der Waals surface area contributed by atoms with Crippen LogP contribution in [0.15, 0.2) is 0 Å². The third-order valence-corrected chi connectivity index (χ3v) is 2.89. The molecule has 0 bridgehead atoms. The van der Waals surface area contributed by atoms with Gasteiger partial charge in [0.05, 0.1) is 0 Å². The zero-order valence-corrected chi connectivity index (χ0v) is 7.78. The smallest absolute Gasteiger partial charge is 0.00725 e. The summed E-state index contributed by atoms with van der Waals surface area (Å²) in [5, 5.41) is 0.807. The molecule has 0 N–H and O–H groups in total. The number of rotatable bonds is 4. The van der Waals surface area contributed by atoms with Crippen LogP contribution in [0.5, 0.6) is 0 Å². The first-order valence-corrected chi connectivity index (χ1v) is 5.18. The number of thioether (sulfide) groups is 1. The summed E-state index contributed by atoms with van der Waals surface area (Å²) in [4.78, 5) is 2.52. The lowest BCUT2D eigenvalue weighted by Gasteiger charge is -2.30. The Labute approximate surface area is 68.2 Å². The predicted octanol–water partition coefficient (Wildman–Crippen LogP) is 1.83. The van der Waals surface area contributed by atoms with Crippen LogP contribution in [0.3, 0.4) is 0 Å². The molecule has 1 aliphatic heterocycles. The van der Waals surface area contributed by atoms with Gasteiger partial charge in [0.25, 0.3) is 0 Å². The maximum Gasteiger partial charge on any atom is 0.00725 e. The van der Waals surface area contributed by atoms with Crippen LogP contribution in [0.4, 0.5) is 0 Å². The number of hydrogen-bond acceptors (Lipinski definition) is 2. The van der Waals surface area contributed by atoms with E-state index in [1.54, 1.807) is 0 Å². The Kier molecular flexibility index (Phi) is 3.57. The molecule has 0 aromatic heterocycles. The summed E-state index contributed by atoms with van der Waals surface area (Å²) in [6, 6.07) is 0. The summed E-state index contributed by atoms with van der Waals surface area (Å²) >= 11 is 2.07. The lowest BCUT2D eigenvalue weighted by molar-refractivity contribution is 0.194. The molecular weight excluding hydrogens is 142 g/mol. The summed E-state index contributed by atoms with van der Waals surface area (Å²) in [6.07, 6.45) is 1.42. The van der Waals surface area contributed by atoms with Gasteiger partial charge in [-0.25, -0.2) is 0 Å². The molecular formula is C8H17NS. The van der Waals surface area contributed by atoms with Gasteiger partial charge in [0.15, 0.2) is 0 Å². The van der Waals surface area contributed by atoms with Crippen LogP contribution in [-0.4, -0.2) is 35.5 Å². The first kappa shape index (κ1) is 8.41. The maximum atomic E-state index is 2.52. The summed E-state index contributed by atoms with van der Waals surface area (Å²) in [7, 11) is 0. The standard InChI is InChI=1S/C8H17NS/c1-8(2)10-7-6-9-4-3-5-9/h8H,3-7H2,1-2H3. The minimum Gasteiger partial charge on any atom is -0.302 e. The molecule has 1 rings (SSSR count). The van der Waals surface area contributed by atoms with E-state index < -0.39 is 0 Å². The Bertz CT molecular complexity index is 89.3. The van der Waals surface area contributed by atoms with Gasteiger partial charge >= 0.3 is 0 Å². The molecule has 10 heavy (non-hydrogen) atoms. The molecule has 1 aliphatic rings. The van der Waals surface area contributed by atoms with Gasteiger partial charge in [-0.2, -0.15) is 11.8 Å². The van der Waals surface area contributed by atoms with Crippen LogP contribution in [0.25, 0.3) is 0 Å². The van der Waals surface area contributed by atoms with E-state index in [1.165, 1.54) is 31.8 Å². The minimum absolute atomic E-state index is 0.807. The van der Waals surface area contributed by atoms with Crippen molar-refractivity contribution in [2.45, 2.75) is 25.5 Å². The van der Waals surface area contributed by atoms with Gasteiger partial charge < -0.3 is 4.90 Å². The molecule has 0 radical (unpaired) electrons. The zero-order valence-electron chi connectivity index (χ0n) is 6.97. The monoisotopic (exact) mass is 159 g/mol. The summed E-state index contributed by atoms with van der Waals surface area (Å²) in [5.41, 5.74) is 0. The summed E-state index contributed by atoms with van der Waals surface area (Å²) < 4.78 is 0. The zero-order chi connectivity index (χ0) is 7.40. The number of likely N-dealkylation sites (tertiary alicyclic amines) is 1. The maximum absolute atomic E-state index is 2.52. The van der Waals surface area contributed by atoms with E-state index in [-0.39, 0.29) is 0 Å². The van der Waals surface area contributed by atoms with Gasteiger partial charge in [-0.1, -0.05) is 13.8 Å². The van der Waals surface area contributed by atoms with E-state index in [4.69, 9.17) is 0 Å². The lowest BCUT2D eigenvalue weighted by atomic mass is 10.2. The highest BCUT2D eigenvalue weighted by Gasteiger charge is 2.12. The normalized spacial score (nSPS) is 19.5. The van der Waals surface area contributed by atoms with Gasteiger partial charge in [-0.15, -0.1) is 0 Å². The third kappa shape index (κ3) is 2.93. The average molecular weight is 159 g/mol. The van der Waals surface area contributed by atoms with Crippen LogP contribution in [0, 0.1) is 0 Å². The first-order valence-electron chi connectivity index (χ1n) is 4.13. The van der Waals surface area contributed by atoms with Crippen molar-refractivity contribution in [2.24, 2.45) is 0 Å². The second-order valence-corrected chi connectivity index (χ2v) is 4.80. The van der Waals surface area contributed by atoms with Crippen molar-refractivity contribution < 1.29 is 0 Å². The van der Waals surface area contributed by atoms with Crippen molar-refractivity contribution in [2.75, 3.05) is 25.4 Å². The molecule has 0 aliphatic carbocycles. The number of hydrogen-bond donors (Lipinski definition) is 0. The molecule has 1 heterocycles. The van der Waals surface area contributed by atoms with E-state index >= 15 is 0 Å². The number of nitrogens with zero attached hydrogens (tertiary/aromatic N) is 1. The van der Waals surface area contributed by atoms with Gasteiger partial charge in [0.1, 0.15) is 0 Å². The molecule has 1 fully saturated rings. The molecule has 0 spiro atoms. The van der Waals surface area contributed by atoms with E-state index in [1.807, 2.05) is 0 Å². The SMILES string of the molecule is CC(C)SCCN1CCC1. The van der Waals surface area contributed by atoms with Crippen LogP contribution in [0.2, 0.25) is 0 Å². The largest absolute Gasteiger partial charge is 0.302 e. The van der Waals surface area contributed by atoms with E-state index in [0.717, 1.165) is 5.25 Å². The van der Waals surface area contributed by atoms with Gasteiger partial charge in [-0.05, 0) is 24.8 Å². The van der Waals surface area contributed by atoms with Crippen LogP contribution >= 0.6 is 11.8 Å². The van der Waals surface area contributed by atoms with Gasteiger partial charge in [-0.3, -0.25) is 0 Å². The highest BCUT2D eigenvalue weighted by atomic mass is 32.2. The van der Waals surface area contributed by atoms with Crippen molar-refractivity contribution in [1.82, 2.24) is 4.90 Å². The quantitative estimate of drug-likeness (QED) is 0.615. The fourth-order valence-electron chi connectivity index (χ4n) is 1.02. The van der Waals surface area contributed by atoms with Gasteiger partial charge in [0.2, 0.25) is 0 Å². The predicted molar refractivity (Wildman–Crippen MR) is 48.7 cm³/mol. The fourth-order valence-corrected chi connectivity index (χ4v) is 1.86. The molecule has 0 aromatic rings. The van der Waals surface area contributed by atoms with E-state index in [2.05, 4.69) is 30.5 Å². The second-order valence-electron chi connectivity index (χ2n) is 3.11. The van der Waals surface area contributed by atoms with Crippen molar-refractivity contribution in [3.8, 4) is 0 Å². The van der Waals surface area contributed by atoms with Crippen molar-refractivity contribution >= 4 is 11.8 Å².